The fourth-order valence-electron chi connectivity index (χ4n) is 2.16. The number of unbranched alkanes of at least 4 members (excludes halogenated alkanes) is 1. The molecule has 0 fully saturated rings. The molecule has 2 aromatic rings. The van der Waals surface area contributed by atoms with Gasteiger partial charge in [0.05, 0.1) is 6.21 Å². The van der Waals surface area contributed by atoms with E-state index in [4.69, 9.17) is 0 Å². The van der Waals surface area contributed by atoms with Crippen molar-refractivity contribution in [1.29, 1.82) is 0 Å². The first-order chi connectivity index (χ1) is 11.2. The van der Waals surface area contributed by atoms with Crippen molar-refractivity contribution in [2.75, 3.05) is 11.9 Å². The standard InChI is InChI=1S/C19H23N3O/c1-3-4-10-19(23)21-20-15-16-11-13-18(14-12-16)22(2)17-8-6-5-7-9-17/h5-9,11-15H,3-4,10H2,1-2H3,(H,21,23)/b20-15-. The molecule has 1 N–H and O–H groups in total. The van der Waals surface area contributed by atoms with Crippen molar-refractivity contribution in [3.63, 3.8) is 0 Å². The maximum absolute atomic E-state index is 11.5. The summed E-state index contributed by atoms with van der Waals surface area (Å²) < 4.78 is 0. The molecule has 0 heterocycles. The number of hydrogen-bond acceptors (Lipinski definition) is 3. The van der Waals surface area contributed by atoms with Crippen LogP contribution in [-0.4, -0.2) is 19.2 Å². The Kier molecular flexibility index (Phi) is 6.36. The number of hydrogen-bond donors (Lipinski definition) is 1. The van der Waals surface area contributed by atoms with Crippen LogP contribution in [0.1, 0.15) is 31.7 Å². The van der Waals surface area contributed by atoms with Gasteiger partial charge in [0.1, 0.15) is 0 Å². The molecule has 120 valence electrons. The summed E-state index contributed by atoms with van der Waals surface area (Å²) in [5.74, 6) is -0.0384. The third-order valence-corrected chi connectivity index (χ3v) is 3.58. The molecule has 0 radical (unpaired) electrons. The summed E-state index contributed by atoms with van der Waals surface area (Å²) in [5, 5.41) is 3.99. The van der Waals surface area contributed by atoms with E-state index >= 15 is 0 Å². The molecule has 0 atom stereocenters. The lowest BCUT2D eigenvalue weighted by molar-refractivity contribution is -0.121. The van der Waals surface area contributed by atoms with Gasteiger partial charge in [0.2, 0.25) is 5.91 Å². The number of anilines is 2. The monoisotopic (exact) mass is 309 g/mol. The molecular weight excluding hydrogens is 286 g/mol. The van der Waals surface area contributed by atoms with Crippen molar-refractivity contribution in [3.05, 3.63) is 60.2 Å². The van der Waals surface area contributed by atoms with Crippen molar-refractivity contribution >= 4 is 23.5 Å². The Labute approximate surface area is 137 Å². The normalized spacial score (nSPS) is 10.7. The Bertz CT molecular complexity index is 635. The van der Waals surface area contributed by atoms with Gasteiger partial charge < -0.3 is 4.90 Å². The first kappa shape index (κ1) is 16.7. The smallest absolute Gasteiger partial charge is 0.240 e. The van der Waals surface area contributed by atoms with Gasteiger partial charge in [0, 0.05) is 24.8 Å². The Hall–Kier alpha value is -2.62. The summed E-state index contributed by atoms with van der Waals surface area (Å²) in [5.41, 5.74) is 5.73. The second-order valence-electron chi connectivity index (χ2n) is 5.38. The van der Waals surface area contributed by atoms with Gasteiger partial charge >= 0.3 is 0 Å². The highest BCUT2D eigenvalue weighted by molar-refractivity contribution is 5.83. The molecule has 0 aliphatic heterocycles. The minimum atomic E-state index is -0.0384. The molecule has 0 saturated heterocycles. The van der Waals surface area contributed by atoms with E-state index in [9.17, 15) is 4.79 Å². The quantitative estimate of drug-likeness (QED) is 0.618. The highest BCUT2D eigenvalue weighted by Gasteiger charge is 2.02. The lowest BCUT2D eigenvalue weighted by Gasteiger charge is -2.19. The number of hydrazone groups is 1. The predicted molar refractivity (Wildman–Crippen MR) is 96.2 cm³/mol. The summed E-state index contributed by atoms with van der Waals surface area (Å²) in [6.07, 6.45) is 4.08. The Morgan fingerprint density at radius 2 is 1.74 bits per heavy atom. The Balaban J connectivity index is 1.93. The number of nitrogens with zero attached hydrogens (tertiary/aromatic N) is 2. The zero-order chi connectivity index (χ0) is 16.5. The minimum Gasteiger partial charge on any atom is -0.345 e. The highest BCUT2D eigenvalue weighted by Crippen LogP contribution is 2.22. The molecule has 4 heteroatoms. The number of nitrogens with one attached hydrogen (secondary N) is 1. The van der Waals surface area contributed by atoms with Crippen molar-refractivity contribution in [2.45, 2.75) is 26.2 Å². The van der Waals surface area contributed by atoms with Crippen LogP contribution < -0.4 is 10.3 Å². The topological polar surface area (TPSA) is 44.7 Å². The summed E-state index contributed by atoms with van der Waals surface area (Å²) in [6.45, 7) is 2.06. The van der Waals surface area contributed by atoms with E-state index in [0.717, 1.165) is 29.8 Å². The van der Waals surface area contributed by atoms with E-state index < -0.39 is 0 Å². The lowest BCUT2D eigenvalue weighted by Crippen LogP contribution is -2.16. The fourth-order valence-corrected chi connectivity index (χ4v) is 2.16. The molecule has 1 amide bonds. The van der Waals surface area contributed by atoms with Crippen LogP contribution in [0, 0.1) is 0 Å². The molecular formula is C19H23N3O. The number of carbonyl (C=O) groups is 1. The van der Waals surface area contributed by atoms with Crippen molar-refractivity contribution < 1.29 is 4.79 Å². The average molecular weight is 309 g/mol. The van der Waals surface area contributed by atoms with E-state index in [-0.39, 0.29) is 5.91 Å². The number of amides is 1. The molecule has 0 unspecified atom stereocenters. The van der Waals surface area contributed by atoms with Gasteiger partial charge in [0.25, 0.3) is 0 Å². The lowest BCUT2D eigenvalue weighted by atomic mass is 10.2. The SMILES string of the molecule is CCCCC(=O)N/N=C\c1ccc(N(C)c2ccccc2)cc1. The molecule has 2 aromatic carbocycles. The highest BCUT2D eigenvalue weighted by atomic mass is 16.2. The molecule has 0 aromatic heterocycles. The van der Waals surface area contributed by atoms with E-state index in [1.807, 2.05) is 49.5 Å². The van der Waals surface area contributed by atoms with Crippen molar-refractivity contribution in [3.8, 4) is 0 Å². The molecule has 0 bridgehead atoms. The van der Waals surface area contributed by atoms with Gasteiger partial charge in [-0.2, -0.15) is 5.10 Å². The molecule has 2 rings (SSSR count). The van der Waals surface area contributed by atoms with E-state index in [0.29, 0.717) is 6.42 Å². The van der Waals surface area contributed by atoms with E-state index in [1.54, 1.807) is 6.21 Å². The summed E-state index contributed by atoms with van der Waals surface area (Å²) >= 11 is 0. The van der Waals surface area contributed by atoms with E-state index in [2.05, 4.69) is 34.5 Å². The minimum absolute atomic E-state index is 0.0384. The van der Waals surface area contributed by atoms with E-state index in [1.165, 1.54) is 0 Å². The van der Waals surface area contributed by atoms with Crippen molar-refractivity contribution in [2.24, 2.45) is 5.10 Å². The van der Waals surface area contributed by atoms with Crippen molar-refractivity contribution in [1.82, 2.24) is 5.43 Å². The van der Waals surface area contributed by atoms with Gasteiger partial charge in [0.15, 0.2) is 0 Å². The van der Waals surface area contributed by atoms with Gasteiger partial charge in [-0.3, -0.25) is 4.79 Å². The van der Waals surface area contributed by atoms with Crippen LogP contribution in [0.3, 0.4) is 0 Å². The second kappa shape index (κ2) is 8.73. The largest absolute Gasteiger partial charge is 0.345 e. The summed E-state index contributed by atoms with van der Waals surface area (Å²) in [6, 6.07) is 18.2. The first-order valence-corrected chi connectivity index (χ1v) is 7.91. The Morgan fingerprint density at radius 1 is 1.09 bits per heavy atom. The van der Waals surface area contributed by atoms with Gasteiger partial charge in [-0.15, -0.1) is 0 Å². The molecule has 4 nitrogen and oxygen atoms in total. The molecule has 0 spiro atoms. The molecule has 23 heavy (non-hydrogen) atoms. The second-order valence-corrected chi connectivity index (χ2v) is 5.38. The molecule has 0 aliphatic rings. The third-order valence-electron chi connectivity index (χ3n) is 3.58. The molecule has 0 aliphatic carbocycles. The number of benzene rings is 2. The van der Waals surface area contributed by atoms with Crippen LogP contribution in [0.5, 0.6) is 0 Å². The predicted octanol–water partition coefficient (Wildman–Crippen LogP) is 4.09. The zero-order valence-corrected chi connectivity index (χ0v) is 13.7. The van der Waals surface area contributed by atoms with Crippen LogP contribution in [0.4, 0.5) is 11.4 Å². The van der Waals surface area contributed by atoms with Crippen LogP contribution in [0.15, 0.2) is 59.7 Å². The molecule has 0 saturated carbocycles. The van der Waals surface area contributed by atoms with Crippen LogP contribution in [-0.2, 0) is 4.79 Å². The Morgan fingerprint density at radius 3 is 2.39 bits per heavy atom. The van der Waals surface area contributed by atoms with Crippen LogP contribution >= 0.6 is 0 Å². The van der Waals surface area contributed by atoms with Crippen LogP contribution in [0.2, 0.25) is 0 Å². The first-order valence-electron chi connectivity index (χ1n) is 7.91. The number of rotatable bonds is 7. The maximum Gasteiger partial charge on any atom is 0.240 e. The van der Waals surface area contributed by atoms with Gasteiger partial charge in [-0.05, 0) is 36.2 Å². The van der Waals surface area contributed by atoms with Crippen LogP contribution in [0.25, 0.3) is 0 Å². The maximum atomic E-state index is 11.5. The third kappa shape index (κ3) is 5.25. The van der Waals surface area contributed by atoms with Gasteiger partial charge in [-0.1, -0.05) is 43.7 Å². The zero-order valence-electron chi connectivity index (χ0n) is 13.7. The average Bonchev–Trinajstić information content (AvgIpc) is 2.60. The van der Waals surface area contributed by atoms with Gasteiger partial charge in [-0.25, -0.2) is 5.43 Å². The summed E-state index contributed by atoms with van der Waals surface area (Å²) in [4.78, 5) is 13.6. The fraction of sp³-hybridized carbons (Fsp3) is 0.263. The number of carbonyl (C=O) groups excluding carboxylic acids is 1. The number of para-hydroxylation sites is 1. The summed E-state index contributed by atoms with van der Waals surface area (Å²) in [7, 11) is 2.03.